The first-order valence-corrected chi connectivity index (χ1v) is 23.1. The number of anilines is 9. The van der Waals surface area contributed by atoms with Gasteiger partial charge in [-0.15, -0.1) is 0 Å². The summed E-state index contributed by atoms with van der Waals surface area (Å²) >= 11 is 0. The summed E-state index contributed by atoms with van der Waals surface area (Å²) in [6, 6.07) is 83.4. The van der Waals surface area contributed by atoms with Crippen LogP contribution in [0.2, 0.25) is 0 Å². The van der Waals surface area contributed by atoms with Crippen molar-refractivity contribution in [1.82, 2.24) is 0 Å². The Kier molecular flexibility index (Phi) is 8.68. The van der Waals surface area contributed by atoms with Gasteiger partial charge in [-0.05, 0) is 106 Å². The van der Waals surface area contributed by atoms with Crippen molar-refractivity contribution in [3.63, 3.8) is 0 Å². The summed E-state index contributed by atoms with van der Waals surface area (Å²) in [7, 11) is 0. The first-order chi connectivity index (χ1) is 33.7. The van der Waals surface area contributed by atoms with E-state index in [1.165, 1.54) is 0 Å². The van der Waals surface area contributed by atoms with E-state index in [9.17, 15) is 0 Å². The monoisotopic (exact) mass is 871 g/mol. The minimum Gasteiger partial charge on any atom is -0.458 e. The van der Waals surface area contributed by atoms with Crippen LogP contribution in [0, 0.1) is 0 Å². The number of para-hydroxylation sites is 7. The molecule has 0 fully saturated rings. The van der Waals surface area contributed by atoms with Gasteiger partial charge in [-0.2, -0.15) is 0 Å². The Morgan fingerprint density at radius 1 is 0.309 bits per heavy atom. The third kappa shape index (κ3) is 5.94. The maximum Gasteiger partial charge on any atom is 0.260 e. The zero-order chi connectivity index (χ0) is 44.7. The van der Waals surface area contributed by atoms with Gasteiger partial charge in [0, 0.05) is 57.8 Å². The standard InChI is InChI=1S/C60H39B2N3O3/c1-6-20-40(21-7-1)63(41-22-8-2-9-23-41)45-36-51-57-54(37-45)66-52-32-18-16-30-47(52)61(57)49-34-35-50-60(59(49)65(51)44-28-14-5-15-29-44)68-56-39-46(38-55-58(56)62(50)48-31-17-19-33-53(48)67-55)64(42-24-10-3-11-25-42)43-26-12-4-13-27-43/h1-39H. The van der Waals surface area contributed by atoms with Gasteiger partial charge in [0.25, 0.3) is 13.4 Å². The van der Waals surface area contributed by atoms with Gasteiger partial charge in [0.15, 0.2) is 0 Å². The summed E-state index contributed by atoms with van der Waals surface area (Å²) in [5.74, 6) is 4.86. The number of hydrogen-bond acceptors (Lipinski definition) is 6. The molecule has 0 N–H and O–H groups in total. The Balaban J connectivity index is 1.05. The van der Waals surface area contributed by atoms with E-state index in [0.717, 1.165) is 118 Å². The van der Waals surface area contributed by atoms with Crippen LogP contribution in [0.15, 0.2) is 237 Å². The predicted octanol–water partition coefficient (Wildman–Crippen LogP) is 11.8. The highest BCUT2D eigenvalue weighted by atomic mass is 16.5. The Morgan fingerprint density at radius 3 is 1.22 bits per heavy atom. The van der Waals surface area contributed by atoms with Crippen molar-refractivity contribution in [1.29, 1.82) is 0 Å². The van der Waals surface area contributed by atoms with Gasteiger partial charge in [-0.3, -0.25) is 0 Å². The lowest BCUT2D eigenvalue weighted by Gasteiger charge is -2.43. The Morgan fingerprint density at radius 2 is 0.706 bits per heavy atom. The lowest BCUT2D eigenvalue weighted by molar-refractivity contribution is 0.465. The van der Waals surface area contributed by atoms with Gasteiger partial charge >= 0.3 is 0 Å². The summed E-state index contributed by atoms with van der Waals surface area (Å²) in [6.45, 7) is -0.314. The number of benzene rings is 10. The maximum absolute atomic E-state index is 7.62. The molecule has 4 aliphatic rings. The average Bonchev–Trinajstić information content (AvgIpc) is 3.40. The molecule has 0 aromatic heterocycles. The van der Waals surface area contributed by atoms with Crippen molar-refractivity contribution in [3.8, 4) is 34.5 Å². The lowest BCUT2D eigenvalue weighted by atomic mass is 9.32. The second kappa shape index (κ2) is 15.4. The molecule has 318 valence electrons. The van der Waals surface area contributed by atoms with Crippen LogP contribution in [0.4, 0.5) is 51.2 Å². The molecule has 8 heteroatoms. The van der Waals surface area contributed by atoms with Gasteiger partial charge in [-0.25, -0.2) is 0 Å². The molecular weight excluding hydrogens is 832 g/mol. The van der Waals surface area contributed by atoms with Gasteiger partial charge in [0.2, 0.25) is 0 Å². The molecule has 4 aliphatic heterocycles. The van der Waals surface area contributed by atoms with E-state index in [-0.39, 0.29) is 13.4 Å². The number of rotatable bonds is 7. The molecule has 14 rings (SSSR count). The molecule has 0 radical (unpaired) electrons. The van der Waals surface area contributed by atoms with E-state index in [1.54, 1.807) is 0 Å². The normalized spacial score (nSPS) is 13.0. The largest absolute Gasteiger partial charge is 0.458 e. The summed E-state index contributed by atoms with van der Waals surface area (Å²) in [6.07, 6.45) is 0. The van der Waals surface area contributed by atoms with E-state index in [4.69, 9.17) is 14.2 Å². The van der Waals surface area contributed by atoms with E-state index in [1.807, 2.05) is 0 Å². The molecule has 0 saturated heterocycles. The Hall–Kier alpha value is -8.87. The molecule has 0 atom stereocenters. The molecule has 10 aromatic rings. The second-order valence-electron chi connectivity index (χ2n) is 17.6. The number of fused-ring (bicyclic) bond motifs is 9. The first kappa shape index (κ1) is 38.4. The van der Waals surface area contributed by atoms with Crippen molar-refractivity contribution in [2.75, 3.05) is 14.7 Å². The van der Waals surface area contributed by atoms with Gasteiger partial charge in [0.1, 0.15) is 34.5 Å². The van der Waals surface area contributed by atoms with Crippen LogP contribution in [0.1, 0.15) is 0 Å². The van der Waals surface area contributed by atoms with Crippen LogP contribution in [0.3, 0.4) is 0 Å². The summed E-state index contributed by atoms with van der Waals surface area (Å²) in [4.78, 5) is 7.00. The van der Waals surface area contributed by atoms with E-state index in [2.05, 4.69) is 251 Å². The van der Waals surface area contributed by atoms with Crippen molar-refractivity contribution in [3.05, 3.63) is 237 Å². The molecular formula is C60H39B2N3O3. The smallest absolute Gasteiger partial charge is 0.260 e. The second-order valence-corrected chi connectivity index (χ2v) is 17.6. The van der Waals surface area contributed by atoms with E-state index in [0.29, 0.717) is 0 Å². The van der Waals surface area contributed by atoms with Gasteiger partial charge in [0.05, 0.1) is 17.1 Å². The van der Waals surface area contributed by atoms with Crippen LogP contribution < -0.4 is 61.7 Å². The molecule has 10 aromatic carbocycles. The molecule has 0 unspecified atom stereocenters. The minimum atomic E-state index is -0.163. The van der Waals surface area contributed by atoms with E-state index >= 15 is 0 Å². The highest BCUT2D eigenvalue weighted by Crippen LogP contribution is 2.50. The summed E-state index contributed by atoms with van der Waals surface area (Å²) in [5.41, 5.74) is 15.7. The maximum atomic E-state index is 7.62. The highest BCUT2D eigenvalue weighted by molar-refractivity contribution is 7.01. The zero-order valence-electron chi connectivity index (χ0n) is 36.7. The zero-order valence-corrected chi connectivity index (χ0v) is 36.7. The fourth-order valence-corrected chi connectivity index (χ4v) is 11.0. The molecule has 0 saturated carbocycles. The summed E-state index contributed by atoms with van der Waals surface area (Å²) < 4.78 is 21.6. The van der Waals surface area contributed by atoms with Crippen LogP contribution in [0.25, 0.3) is 0 Å². The SMILES string of the molecule is c1ccc(N(c2ccccc2)c2cc3c4c(c2)Oc2c(ccc5c2N(c2ccccc2)c2cc(N(c6ccccc6)c6ccccc6)cc6c2B5c2ccccc2O6)B4c2ccccc2O3)cc1. The molecule has 4 heterocycles. The Labute approximate surface area is 395 Å². The Bertz CT molecular complexity index is 3500. The quantitative estimate of drug-likeness (QED) is 0.149. The number of nitrogens with zero attached hydrogens (tertiary/aromatic N) is 3. The lowest BCUT2D eigenvalue weighted by Crippen LogP contribution is -2.62. The van der Waals surface area contributed by atoms with E-state index < -0.39 is 0 Å². The number of ether oxygens (including phenoxy) is 3. The third-order valence-electron chi connectivity index (χ3n) is 13.8. The molecule has 0 amide bonds. The summed E-state index contributed by atoms with van der Waals surface area (Å²) in [5, 5.41) is 0. The molecule has 0 spiro atoms. The van der Waals surface area contributed by atoms with Crippen LogP contribution >= 0.6 is 0 Å². The number of hydrogen-bond donors (Lipinski definition) is 0. The average molecular weight is 872 g/mol. The van der Waals surface area contributed by atoms with Crippen LogP contribution in [-0.4, -0.2) is 13.4 Å². The van der Waals surface area contributed by atoms with Gasteiger partial charge in [-0.1, -0.05) is 140 Å². The fourth-order valence-electron chi connectivity index (χ4n) is 11.0. The van der Waals surface area contributed by atoms with Crippen molar-refractivity contribution >= 4 is 97.4 Å². The molecule has 6 nitrogen and oxygen atoms in total. The molecule has 68 heavy (non-hydrogen) atoms. The molecule has 0 bridgehead atoms. The topological polar surface area (TPSA) is 37.4 Å². The van der Waals surface area contributed by atoms with Crippen LogP contribution in [-0.2, 0) is 0 Å². The first-order valence-electron chi connectivity index (χ1n) is 23.1. The fraction of sp³-hybridized carbons (Fsp3) is 0. The molecule has 0 aliphatic carbocycles. The third-order valence-corrected chi connectivity index (χ3v) is 13.8. The predicted molar refractivity (Wildman–Crippen MR) is 279 cm³/mol. The highest BCUT2D eigenvalue weighted by Gasteiger charge is 2.48. The van der Waals surface area contributed by atoms with Crippen molar-refractivity contribution in [2.45, 2.75) is 0 Å². The van der Waals surface area contributed by atoms with Gasteiger partial charge < -0.3 is 28.9 Å². The van der Waals surface area contributed by atoms with Crippen LogP contribution in [0.5, 0.6) is 34.5 Å². The van der Waals surface area contributed by atoms with Crippen molar-refractivity contribution in [2.24, 2.45) is 0 Å². The minimum absolute atomic E-state index is 0.151. The van der Waals surface area contributed by atoms with Crippen molar-refractivity contribution < 1.29 is 14.2 Å².